The normalized spacial score (nSPS) is 20.6. The molecule has 6 amide bonds. The summed E-state index contributed by atoms with van der Waals surface area (Å²) in [5, 5.41) is 5.75. The number of nitrogens with zero attached hydrogens (tertiary/aromatic N) is 2. The summed E-state index contributed by atoms with van der Waals surface area (Å²) in [5.74, 6) is 2.32. The summed E-state index contributed by atoms with van der Waals surface area (Å²) in [5.41, 5.74) is -0.849. The number of hydrogen-bond acceptors (Lipinski definition) is 6. The fourth-order valence-corrected chi connectivity index (χ4v) is 6.54. The van der Waals surface area contributed by atoms with Gasteiger partial charge in [-0.3, -0.25) is 19.4 Å². The summed E-state index contributed by atoms with van der Waals surface area (Å²) in [6.45, 7) is 14.2. The van der Waals surface area contributed by atoms with E-state index in [0.29, 0.717) is 62.1 Å². The van der Waals surface area contributed by atoms with Crippen molar-refractivity contribution < 1.29 is 28.7 Å². The van der Waals surface area contributed by atoms with Gasteiger partial charge < -0.3 is 20.1 Å². The summed E-state index contributed by atoms with van der Waals surface area (Å²) in [4.78, 5) is 55.0. The average Bonchev–Trinajstić information content (AvgIpc) is 3.44. The minimum atomic E-state index is -1.14. The van der Waals surface area contributed by atoms with E-state index in [1.165, 1.54) is 22.6 Å². The van der Waals surface area contributed by atoms with E-state index in [9.17, 15) is 19.2 Å². The Morgan fingerprint density at radius 2 is 0.900 bits per heavy atom. The zero-order chi connectivity index (χ0) is 36.3. The molecule has 0 saturated carbocycles. The summed E-state index contributed by atoms with van der Waals surface area (Å²) in [6, 6.07) is 14.0. The fraction of sp³-hybridized carbons (Fsp3) is 0.600. The lowest BCUT2D eigenvalue weighted by atomic mass is 9.92. The Labute approximate surface area is 298 Å². The van der Waals surface area contributed by atoms with E-state index < -0.39 is 23.1 Å². The number of imide groups is 2. The van der Waals surface area contributed by atoms with Gasteiger partial charge in [0.1, 0.15) is 22.6 Å². The molecule has 50 heavy (non-hydrogen) atoms. The first-order valence-electron chi connectivity index (χ1n) is 18.6. The number of carbonyl (C=O) groups excluding carboxylic acids is 4. The third kappa shape index (κ3) is 9.79. The van der Waals surface area contributed by atoms with Crippen LogP contribution in [0.4, 0.5) is 9.59 Å². The van der Waals surface area contributed by atoms with Crippen LogP contribution >= 0.6 is 0 Å². The third-order valence-corrected chi connectivity index (χ3v) is 9.82. The topological polar surface area (TPSA) is 117 Å². The van der Waals surface area contributed by atoms with Crippen LogP contribution in [0, 0.1) is 11.8 Å². The molecule has 2 aliphatic heterocycles. The Balaban J connectivity index is 1.17. The van der Waals surface area contributed by atoms with Crippen molar-refractivity contribution in [3.8, 4) is 11.5 Å². The molecule has 0 aliphatic carbocycles. The number of hydrogen-bond donors (Lipinski definition) is 2. The molecule has 274 valence electrons. The van der Waals surface area contributed by atoms with Crippen molar-refractivity contribution in [2.45, 2.75) is 117 Å². The zero-order valence-electron chi connectivity index (χ0n) is 31.0. The molecule has 0 aromatic heterocycles. The smallest absolute Gasteiger partial charge is 0.325 e. The van der Waals surface area contributed by atoms with Gasteiger partial charge in [-0.1, -0.05) is 77.6 Å². The van der Waals surface area contributed by atoms with Gasteiger partial charge in [-0.2, -0.15) is 0 Å². The van der Waals surface area contributed by atoms with Gasteiger partial charge in [-0.25, -0.2) is 9.59 Å². The molecule has 0 spiro atoms. The summed E-state index contributed by atoms with van der Waals surface area (Å²) >= 11 is 0. The van der Waals surface area contributed by atoms with Crippen molar-refractivity contribution in [2.75, 3.05) is 26.3 Å². The first-order chi connectivity index (χ1) is 23.8. The molecule has 2 heterocycles. The second kappa shape index (κ2) is 17.7. The number of carbonyl (C=O) groups is 4. The lowest BCUT2D eigenvalue weighted by Crippen LogP contribution is -2.41. The molecule has 4 rings (SSSR count). The van der Waals surface area contributed by atoms with E-state index in [1.54, 1.807) is 13.8 Å². The minimum absolute atomic E-state index is 0.273. The maximum atomic E-state index is 13.4. The highest BCUT2D eigenvalue weighted by Crippen LogP contribution is 2.32. The van der Waals surface area contributed by atoms with Crippen molar-refractivity contribution in [3.63, 3.8) is 0 Å². The highest BCUT2D eigenvalue weighted by Gasteiger charge is 2.49. The Kier molecular flexibility index (Phi) is 13.7. The molecule has 2 saturated heterocycles. The van der Waals surface area contributed by atoms with Gasteiger partial charge in [0.25, 0.3) is 11.8 Å². The number of amides is 6. The Bertz CT molecular complexity index is 1330. The summed E-state index contributed by atoms with van der Waals surface area (Å²) in [7, 11) is 0. The number of nitrogens with one attached hydrogen (secondary N) is 2. The Morgan fingerprint density at radius 1 is 0.540 bits per heavy atom. The number of ether oxygens (including phenoxy) is 2. The second-order valence-electron chi connectivity index (χ2n) is 15.0. The van der Waals surface area contributed by atoms with Gasteiger partial charge in [0.05, 0.1) is 13.2 Å². The second-order valence-corrected chi connectivity index (χ2v) is 15.0. The van der Waals surface area contributed by atoms with Crippen molar-refractivity contribution in [1.82, 2.24) is 20.4 Å². The lowest BCUT2D eigenvalue weighted by molar-refractivity contribution is -0.132. The molecule has 10 nitrogen and oxygen atoms in total. The van der Waals surface area contributed by atoms with Crippen LogP contribution in [-0.4, -0.2) is 60.0 Å². The average molecular weight is 691 g/mol. The molecule has 2 atom stereocenters. The maximum absolute atomic E-state index is 13.4. The number of benzene rings is 2. The summed E-state index contributed by atoms with van der Waals surface area (Å²) < 4.78 is 11.7. The molecular formula is C40H58N4O6. The van der Waals surface area contributed by atoms with E-state index in [4.69, 9.17) is 9.47 Å². The van der Waals surface area contributed by atoms with Crippen LogP contribution in [0.25, 0.3) is 0 Å². The molecule has 2 aliphatic rings. The molecule has 0 radical (unpaired) electrons. The van der Waals surface area contributed by atoms with E-state index in [2.05, 4.69) is 38.3 Å². The fourth-order valence-electron chi connectivity index (χ4n) is 6.54. The third-order valence-electron chi connectivity index (χ3n) is 9.82. The van der Waals surface area contributed by atoms with Crippen LogP contribution in [-0.2, 0) is 20.7 Å². The Hall–Kier alpha value is -4.08. The molecule has 2 aromatic rings. The predicted octanol–water partition coefficient (Wildman–Crippen LogP) is 7.89. The van der Waals surface area contributed by atoms with E-state index in [0.717, 1.165) is 50.0 Å². The van der Waals surface area contributed by atoms with Crippen LogP contribution in [0.5, 0.6) is 11.5 Å². The largest absolute Gasteiger partial charge is 0.494 e. The summed E-state index contributed by atoms with van der Waals surface area (Å²) in [6.07, 6.45) is 9.37. The van der Waals surface area contributed by atoms with Crippen molar-refractivity contribution in [2.24, 2.45) is 11.8 Å². The van der Waals surface area contributed by atoms with E-state index in [-0.39, 0.29) is 11.8 Å². The van der Waals surface area contributed by atoms with E-state index in [1.807, 2.05) is 48.5 Å². The first-order valence-corrected chi connectivity index (χ1v) is 18.6. The van der Waals surface area contributed by atoms with Crippen LogP contribution in [0.2, 0.25) is 0 Å². The van der Waals surface area contributed by atoms with Crippen LogP contribution in [0.3, 0.4) is 0 Å². The molecular weight excluding hydrogens is 632 g/mol. The predicted molar refractivity (Wildman–Crippen MR) is 195 cm³/mol. The Morgan fingerprint density at radius 3 is 1.24 bits per heavy atom. The van der Waals surface area contributed by atoms with Gasteiger partial charge >= 0.3 is 12.1 Å². The molecule has 2 fully saturated rings. The zero-order valence-corrected chi connectivity index (χ0v) is 31.0. The lowest BCUT2D eigenvalue weighted by Gasteiger charge is -2.23. The maximum Gasteiger partial charge on any atom is 0.325 e. The number of urea groups is 2. The standard InChI is InChI=1S/C40H58N4O6/c1-29(2)15-9-13-27-49-33-21-17-31(18-22-33)39(5)35(45)43(37(47)41-39)25-11-7-8-12-26-44-36(46)40(6,42-38(44)48)32-19-23-34(24-20-32)50-28-14-10-16-30(3)4/h17-24,29-30H,7-16,25-28H2,1-6H3,(H,41,47)(H,42,48)/t39-,40-/m0/s1. The highest BCUT2D eigenvalue weighted by atomic mass is 16.5. The van der Waals surface area contributed by atoms with Gasteiger partial charge in [0.2, 0.25) is 0 Å². The molecule has 0 bridgehead atoms. The SMILES string of the molecule is CC(C)CCCCOc1ccc([C@]2(C)NC(=O)N(CCCCCCN3C(=O)N[C@@](C)(c4ccc(OCCCCC(C)C)cc4)C3=O)C2=O)cc1. The van der Waals surface area contributed by atoms with Crippen molar-refractivity contribution >= 4 is 23.9 Å². The van der Waals surface area contributed by atoms with Crippen molar-refractivity contribution in [3.05, 3.63) is 59.7 Å². The van der Waals surface area contributed by atoms with Gasteiger partial charge in [0, 0.05) is 13.1 Å². The van der Waals surface area contributed by atoms with E-state index >= 15 is 0 Å². The number of unbranched alkanes of at least 4 members (excludes halogenated alkanes) is 5. The van der Waals surface area contributed by atoms with Crippen molar-refractivity contribution in [1.29, 1.82) is 0 Å². The van der Waals surface area contributed by atoms with Gasteiger partial charge in [0.15, 0.2) is 0 Å². The quantitative estimate of drug-likeness (QED) is 0.102. The molecule has 2 N–H and O–H groups in total. The minimum Gasteiger partial charge on any atom is -0.494 e. The molecule has 10 heteroatoms. The van der Waals surface area contributed by atoms with Crippen LogP contribution in [0.1, 0.15) is 117 Å². The number of rotatable bonds is 21. The molecule has 0 unspecified atom stereocenters. The first kappa shape index (κ1) is 38.7. The van der Waals surface area contributed by atoms with Crippen LogP contribution in [0.15, 0.2) is 48.5 Å². The molecule has 2 aromatic carbocycles. The monoisotopic (exact) mass is 690 g/mol. The van der Waals surface area contributed by atoms with Crippen LogP contribution < -0.4 is 20.1 Å². The van der Waals surface area contributed by atoms with Gasteiger partial charge in [-0.15, -0.1) is 0 Å². The highest BCUT2D eigenvalue weighted by molar-refractivity contribution is 6.08. The van der Waals surface area contributed by atoms with Gasteiger partial charge in [-0.05, 0) is 99.6 Å².